The number of nitrogens with zero attached hydrogens (tertiary/aromatic N) is 1. The van der Waals surface area contributed by atoms with Gasteiger partial charge in [-0.25, -0.2) is 0 Å². The minimum Gasteiger partial charge on any atom is -0.490 e. The van der Waals surface area contributed by atoms with E-state index >= 15 is 0 Å². The zero-order valence-corrected chi connectivity index (χ0v) is 17.7. The Balaban J connectivity index is 1.35. The molecule has 0 aliphatic carbocycles. The largest absolute Gasteiger partial charge is 0.490 e. The number of likely N-dealkylation sites (N-methyl/N-ethyl adjacent to an activating group) is 1. The highest BCUT2D eigenvalue weighted by Crippen LogP contribution is 2.35. The lowest BCUT2D eigenvalue weighted by molar-refractivity contribution is -0.122. The van der Waals surface area contributed by atoms with E-state index < -0.39 is 0 Å². The second kappa shape index (κ2) is 9.28. The second-order valence-corrected chi connectivity index (χ2v) is 7.84. The molecule has 0 radical (unpaired) electrons. The summed E-state index contributed by atoms with van der Waals surface area (Å²) in [7, 11) is 0. The van der Waals surface area contributed by atoms with Crippen LogP contribution in [0.15, 0.2) is 42.5 Å². The first-order valence-corrected chi connectivity index (χ1v) is 10.8. The average Bonchev–Trinajstić information content (AvgIpc) is 3.10. The molecule has 30 heavy (non-hydrogen) atoms. The Labute approximate surface area is 178 Å². The predicted molar refractivity (Wildman–Crippen MR) is 117 cm³/mol. The average molecular weight is 411 g/mol. The molecule has 160 valence electrons. The van der Waals surface area contributed by atoms with Crippen molar-refractivity contribution in [1.82, 2.24) is 5.32 Å². The molecular weight excluding hydrogens is 380 g/mol. The van der Waals surface area contributed by atoms with Gasteiger partial charge in [-0.3, -0.25) is 4.79 Å². The summed E-state index contributed by atoms with van der Waals surface area (Å²) >= 11 is 0. The molecule has 1 N–H and O–H groups in total. The minimum absolute atomic E-state index is 0.0488. The molecule has 2 heterocycles. The van der Waals surface area contributed by atoms with Crippen LogP contribution in [-0.4, -0.2) is 44.9 Å². The van der Waals surface area contributed by atoms with Gasteiger partial charge in [-0.1, -0.05) is 12.1 Å². The minimum atomic E-state index is -0.166. The van der Waals surface area contributed by atoms with Crippen LogP contribution in [0.25, 0.3) is 0 Å². The Bertz CT molecular complexity index is 868. The van der Waals surface area contributed by atoms with Crippen molar-refractivity contribution in [2.75, 3.05) is 37.7 Å². The van der Waals surface area contributed by atoms with Gasteiger partial charge in [0, 0.05) is 37.7 Å². The van der Waals surface area contributed by atoms with Gasteiger partial charge >= 0.3 is 0 Å². The third kappa shape index (κ3) is 4.64. The summed E-state index contributed by atoms with van der Waals surface area (Å²) in [6.45, 7) is 7.66. The van der Waals surface area contributed by atoms with Crippen molar-refractivity contribution in [3.63, 3.8) is 0 Å². The maximum absolute atomic E-state index is 12.0. The molecule has 1 amide bonds. The van der Waals surface area contributed by atoms with Crippen molar-refractivity contribution in [2.45, 2.75) is 38.7 Å². The van der Waals surface area contributed by atoms with E-state index in [2.05, 4.69) is 22.3 Å². The van der Waals surface area contributed by atoms with Crippen LogP contribution in [0.1, 0.15) is 38.2 Å². The number of nitrogens with one attached hydrogen (secondary N) is 1. The molecule has 1 fully saturated rings. The van der Waals surface area contributed by atoms with Crippen LogP contribution in [0.5, 0.6) is 17.2 Å². The van der Waals surface area contributed by atoms with E-state index in [0.29, 0.717) is 19.8 Å². The predicted octanol–water partition coefficient (Wildman–Crippen LogP) is 3.75. The van der Waals surface area contributed by atoms with E-state index in [-0.39, 0.29) is 17.9 Å². The van der Waals surface area contributed by atoms with Gasteiger partial charge in [0.2, 0.25) is 5.91 Å². The molecule has 2 aliphatic heterocycles. The number of fused-ring (bicyclic) bond motifs is 1. The number of anilines is 1. The second-order valence-electron chi connectivity index (χ2n) is 7.84. The Kier molecular flexibility index (Phi) is 6.31. The molecule has 1 unspecified atom stereocenters. The maximum atomic E-state index is 12.0. The first kappa shape index (κ1) is 20.4. The SMILES string of the molecule is CCNC(=O)C(C)c1ccc(O[C@@H]2CCN(c3ccc4c(c3)OCCCO4)C2)cc1. The van der Waals surface area contributed by atoms with Crippen molar-refractivity contribution in [1.29, 1.82) is 0 Å². The summed E-state index contributed by atoms with van der Waals surface area (Å²) in [5.41, 5.74) is 2.13. The van der Waals surface area contributed by atoms with Gasteiger partial charge in [-0.05, 0) is 43.7 Å². The van der Waals surface area contributed by atoms with Gasteiger partial charge < -0.3 is 24.4 Å². The number of hydrogen-bond acceptors (Lipinski definition) is 5. The third-order valence-corrected chi connectivity index (χ3v) is 5.67. The Hall–Kier alpha value is -2.89. The Morgan fingerprint density at radius 3 is 2.70 bits per heavy atom. The van der Waals surface area contributed by atoms with Gasteiger partial charge in [-0.2, -0.15) is 0 Å². The molecule has 6 heteroatoms. The van der Waals surface area contributed by atoms with Crippen molar-refractivity contribution in [3.8, 4) is 17.2 Å². The highest BCUT2D eigenvalue weighted by atomic mass is 16.5. The van der Waals surface area contributed by atoms with Crippen molar-refractivity contribution >= 4 is 11.6 Å². The number of carbonyl (C=O) groups is 1. The normalized spacial score (nSPS) is 19.1. The van der Waals surface area contributed by atoms with Gasteiger partial charge in [0.05, 0.1) is 25.7 Å². The van der Waals surface area contributed by atoms with Crippen molar-refractivity contribution < 1.29 is 19.0 Å². The lowest BCUT2D eigenvalue weighted by Crippen LogP contribution is -2.27. The Morgan fingerprint density at radius 1 is 1.17 bits per heavy atom. The topological polar surface area (TPSA) is 60.0 Å². The third-order valence-electron chi connectivity index (χ3n) is 5.67. The summed E-state index contributed by atoms with van der Waals surface area (Å²) in [6.07, 6.45) is 2.00. The molecule has 2 aromatic carbocycles. The lowest BCUT2D eigenvalue weighted by Gasteiger charge is -2.20. The number of benzene rings is 2. The molecule has 4 rings (SSSR count). The van der Waals surface area contributed by atoms with Crippen LogP contribution in [0.2, 0.25) is 0 Å². The van der Waals surface area contributed by atoms with Gasteiger partial charge in [0.15, 0.2) is 11.5 Å². The summed E-state index contributed by atoms with van der Waals surface area (Å²) in [5.74, 6) is 2.37. The van der Waals surface area contributed by atoms with Crippen LogP contribution in [0.3, 0.4) is 0 Å². The molecule has 6 nitrogen and oxygen atoms in total. The maximum Gasteiger partial charge on any atom is 0.227 e. The molecule has 1 saturated heterocycles. The molecule has 0 spiro atoms. The van der Waals surface area contributed by atoms with Crippen molar-refractivity contribution in [3.05, 3.63) is 48.0 Å². The number of amides is 1. The van der Waals surface area contributed by atoms with Crippen LogP contribution >= 0.6 is 0 Å². The zero-order valence-electron chi connectivity index (χ0n) is 17.7. The van der Waals surface area contributed by atoms with Gasteiger partial charge in [0.25, 0.3) is 0 Å². The highest BCUT2D eigenvalue weighted by molar-refractivity contribution is 5.83. The van der Waals surface area contributed by atoms with E-state index in [1.54, 1.807) is 0 Å². The molecule has 0 bridgehead atoms. The zero-order chi connectivity index (χ0) is 20.9. The fraction of sp³-hybridized carbons (Fsp3) is 0.458. The van der Waals surface area contributed by atoms with Gasteiger partial charge in [0.1, 0.15) is 11.9 Å². The van der Waals surface area contributed by atoms with Crippen LogP contribution in [0, 0.1) is 0 Å². The van der Waals surface area contributed by atoms with E-state index in [9.17, 15) is 4.79 Å². The first-order chi connectivity index (χ1) is 14.6. The van der Waals surface area contributed by atoms with Gasteiger partial charge in [-0.15, -0.1) is 0 Å². The molecule has 2 aromatic rings. The number of carbonyl (C=O) groups excluding carboxylic acids is 1. The van der Waals surface area contributed by atoms with E-state index in [0.717, 1.165) is 54.4 Å². The van der Waals surface area contributed by atoms with Crippen LogP contribution in [0.4, 0.5) is 5.69 Å². The smallest absolute Gasteiger partial charge is 0.227 e. The monoisotopic (exact) mass is 410 g/mol. The van der Waals surface area contributed by atoms with Crippen LogP contribution < -0.4 is 24.4 Å². The number of rotatable bonds is 6. The quantitative estimate of drug-likeness (QED) is 0.786. The molecule has 0 aromatic heterocycles. The molecular formula is C24H30N2O4. The highest BCUT2D eigenvalue weighted by Gasteiger charge is 2.25. The van der Waals surface area contributed by atoms with E-state index in [1.165, 1.54) is 0 Å². The molecule has 2 atom stereocenters. The van der Waals surface area contributed by atoms with E-state index in [1.807, 2.05) is 44.2 Å². The van der Waals surface area contributed by atoms with E-state index in [4.69, 9.17) is 14.2 Å². The fourth-order valence-corrected chi connectivity index (χ4v) is 3.91. The molecule has 0 saturated carbocycles. The lowest BCUT2D eigenvalue weighted by atomic mass is 10.0. The summed E-state index contributed by atoms with van der Waals surface area (Å²) in [5, 5.41) is 2.87. The molecule has 2 aliphatic rings. The standard InChI is InChI=1S/C24H30N2O4/c1-3-25-24(27)17(2)18-5-8-20(9-6-18)30-21-11-12-26(16-21)19-7-10-22-23(15-19)29-14-4-13-28-22/h5-10,15,17,21H,3-4,11-14,16H2,1-2H3,(H,25,27)/t17?,21-/m1/s1. The number of ether oxygens (including phenoxy) is 3. The fourth-order valence-electron chi connectivity index (χ4n) is 3.91. The Morgan fingerprint density at radius 2 is 1.93 bits per heavy atom. The summed E-state index contributed by atoms with van der Waals surface area (Å²) in [6, 6.07) is 14.0. The number of hydrogen-bond donors (Lipinski definition) is 1. The summed E-state index contributed by atoms with van der Waals surface area (Å²) < 4.78 is 17.8. The first-order valence-electron chi connectivity index (χ1n) is 10.8. The summed E-state index contributed by atoms with van der Waals surface area (Å²) in [4.78, 5) is 14.3. The van der Waals surface area contributed by atoms with Crippen molar-refractivity contribution in [2.24, 2.45) is 0 Å². The van der Waals surface area contributed by atoms with Crippen LogP contribution in [-0.2, 0) is 4.79 Å².